The van der Waals surface area contributed by atoms with Gasteiger partial charge in [0.2, 0.25) is 0 Å². The summed E-state index contributed by atoms with van der Waals surface area (Å²) in [7, 11) is 0. The summed E-state index contributed by atoms with van der Waals surface area (Å²) < 4.78 is 0. The smallest absolute Gasteiger partial charge is 0.0149 e. The number of hydrogen-bond donors (Lipinski definition) is 0. The lowest BCUT2D eigenvalue weighted by Crippen LogP contribution is -2.06. The lowest BCUT2D eigenvalue weighted by molar-refractivity contribution is 0.351. The maximum absolute atomic E-state index is 2.40. The molecule has 0 spiro atoms. The van der Waals surface area contributed by atoms with E-state index in [4.69, 9.17) is 0 Å². The minimum absolute atomic E-state index is 0.815. The van der Waals surface area contributed by atoms with Crippen molar-refractivity contribution in [3.8, 4) is 0 Å². The summed E-state index contributed by atoms with van der Waals surface area (Å²) >= 11 is 0. The average Bonchev–Trinajstić information content (AvgIpc) is 3.08. The maximum atomic E-state index is 2.40. The SMILES string of the molecule is CC=C1C(C=CCC(C)CCC(C)C(C)C)=C1CCC. The van der Waals surface area contributed by atoms with Gasteiger partial charge in [0.05, 0.1) is 0 Å². The predicted molar refractivity (Wildman–Crippen MR) is 91.8 cm³/mol. The molecule has 0 saturated carbocycles. The normalized spacial score (nSPS) is 20.2. The highest BCUT2D eigenvalue weighted by atomic mass is 14.3. The first-order valence-corrected chi connectivity index (χ1v) is 8.57. The molecule has 1 aliphatic carbocycles. The molecule has 0 heterocycles. The number of hydrogen-bond acceptors (Lipinski definition) is 0. The second kappa shape index (κ2) is 8.49. The van der Waals surface area contributed by atoms with Gasteiger partial charge >= 0.3 is 0 Å². The van der Waals surface area contributed by atoms with Crippen molar-refractivity contribution in [3.63, 3.8) is 0 Å². The Morgan fingerprint density at radius 3 is 2.30 bits per heavy atom. The average molecular weight is 274 g/mol. The Balaban J connectivity index is 2.31. The molecule has 2 unspecified atom stereocenters. The first-order chi connectivity index (χ1) is 9.51. The largest absolute Gasteiger partial charge is 0.0836 e. The van der Waals surface area contributed by atoms with Gasteiger partial charge in [0.25, 0.3) is 0 Å². The van der Waals surface area contributed by atoms with E-state index < -0.39 is 0 Å². The van der Waals surface area contributed by atoms with Crippen molar-refractivity contribution in [1.29, 1.82) is 0 Å². The lowest BCUT2D eigenvalue weighted by atomic mass is 9.89. The lowest BCUT2D eigenvalue weighted by Gasteiger charge is -2.17. The van der Waals surface area contributed by atoms with Gasteiger partial charge in [-0.1, -0.05) is 72.1 Å². The second-order valence-corrected chi connectivity index (χ2v) is 6.89. The van der Waals surface area contributed by atoms with E-state index in [0.29, 0.717) is 0 Å². The van der Waals surface area contributed by atoms with E-state index in [-0.39, 0.29) is 0 Å². The monoisotopic (exact) mass is 274 g/mol. The Labute approximate surface area is 127 Å². The highest BCUT2D eigenvalue weighted by Gasteiger charge is 2.24. The molecule has 0 amide bonds. The van der Waals surface area contributed by atoms with Crippen molar-refractivity contribution in [1.82, 2.24) is 0 Å². The molecule has 0 radical (unpaired) electrons. The fourth-order valence-electron chi connectivity index (χ4n) is 2.72. The highest BCUT2D eigenvalue weighted by Crippen LogP contribution is 2.42. The van der Waals surface area contributed by atoms with Crippen LogP contribution in [0.2, 0.25) is 0 Å². The topological polar surface area (TPSA) is 0 Å². The van der Waals surface area contributed by atoms with Crippen molar-refractivity contribution in [2.24, 2.45) is 17.8 Å². The van der Waals surface area contributed by atoms with Crippen LogP contribution in [0.3, 0.4) is 0 Å². The van der Waals surface area contributed by atoms with Crippen molar-refractivity contribution in [2.75, 3.05) is 0 Å². The molecule has 1 aliphatic rings. The minimum atomic E-state index is 0.815. The molecule has 0 nitrogen and oxygen atoms in total. The Morgan fingerprint density at radius 2 is 1.75 bits per heavy atom. The molecule has 114 valence electrons. The van der Waals surface area contributed by atoms with Crippen LogP contribution in [-0.4, -0.2) is 0 Å². The third kappa shape index (κ3) is 5.31. The molecule has 20 heavy (non-hydrogen) atoms. The van der Waals surface area contributed by atoms with E-state index in [0.717, 1.165) is 17.8 Å². The van der Waals surface area contributed by atoms with Crippen LogP contribution in [0, 0.1) is 17.8 Å². The maximum Gasteiger partial charge on any atom is -0.0149 e. The van der Waals surface area contributed by atoms with Gasteiger partial charge in [-0.3, -0.25) is 0 Å². The van der Waals surface area contributed by atoms with Crippen molar-refractivity contribution in [2.45, 2.75) is 73.6 Å². The van der Waals surface area contributed by atoms with Crippen molar-refractivity contribution < 1.29 is 0 Å². The van der Waals surface area contributed by atoms with E-state index in [1.165, 1.54) is 43.3 Å². The third-order valence-corrected chi connectivity index (χ3v) is 4.74. The molecule has 0 fully saturated rings. The van der Waals surface area contributed by atoms with Crippen LogP contribution in [0.15, 0.2) is 34.9 Å². The third-order valence-electron chi connectivity index (χ3n) is 4.74. The first kappa shape index (κ1) is 17.3. The fourth-order valence-corrected chi connectivity index (χ4v) is 2.72. The van der Waals surface area contributed by atoms with Crippen LogP contribution < -0.4 is 0 Å². The highest BCUT2D eigenvalue weighted by molar-refractivity contribution is 5.70. The zero-order chi connectivity index (χ0) is 15.1. The van der Waals surface area contributed by atoms with Crippen LogP contribution in [0.5, 0.6) is 0 Å². The number of rotatable bonds is 9. The molecule has 1 rings (SSSR count). The Morgan fingerprint density at radius 1 is 1.05 bits per heavy atom. The Kier molecular flexibility index (Phi) is 7.34. The van der Waals surface area contributed by atoms with Crippen LogP contribution in [-0.2, 0) is 0 Å². The van der Waals surface area contributed by atoms with Crippen LogP contribution in [0.25, 0.3) is 0 Å². The van der Waals surface area contributed by atoms with Gasteiger partial charge in [-0.05, 0) is 54.2 Å². The summed E-state index contributed by atoms with van der Waals surface area (Å²) in [6.07, 6.45) is 13.5. The van der Waals surface area contributed by atoms with E-state index >= 15 is 0 Å². The summed E-state index contributed by atoms with van der Waals surface area (Å²) in [6.45, 7) is 13.9. The van der Waals surface area contributed by atoms with Crippen molar-refractivity contribution >= 4 is 0 Å². The molecule has 0 aromatic rings. The molecule has 0 aromatic heterocycles. The molecule has 0 aliphatic heterocycles. The standard InChI is InChI=1S/C20H34/c1-7-10-19-18(8-2)20(19)12-9-11-16(5)13-14-17(6)15(3)4/h8-9,12,15-17H,7,10-11,13-14H2,1-6H3. The summed E-state index contributed by atoms with van der Waals surface area (Å²) in [6, 6.07) is 0. The van der Waals surface area contributed by atoms with Gasteiger partial charge in [0.1, 0.15) is 0 Å². The van der Waals surface area contributed by atoms with Gasteiger partial charge < -0.3 is 0 Å². The molecule has 0 heteroatoms. The van der Waals surface area contributed by atoms with E-state index in [1.807, 2.05) is 0 Å². The van der Waals surface area contributed by atoms with Gasteiger partial charge in [0, 0.05) is 0 Å². The summed E-state index contributed by atoms with van der Waals surface area (Å²) in [4.78, 5) is 0. The summed E-state index contributed by atoms with van der Waals surface area (Å²) in [5.74, 6) is 2.50. The molecule has 0 N–H and O–H groups in total. The fraction of sp³-hybridized carbons (Fsp3) is 0.700. The van der Waals surface area contributed by atoms with Crippen molar-refractivity contribution in [3.05, 3.63) is 34.9 Å². The van der Waals surface area contributed by atoms with Gasteiger partial charge in [-0.2, -0.15) is 0 Å². The molecule has 2 atom stereocenters. The Bertz CT molecular complexity index is 379. The van der Waals surface area contributed by atoms with E-state index in [9.17, 15) is 0 Å². The van der Waals surface area contributed by atoms with Crippen LogP contribution in [0.4, 0.5) is 0 Å². The van der Waals surface area contributed by atoms with Gasteiger partial charge in [0.15, 0.2) is 0 Å². The van der Waals surface area contributed by atoms with E-state index in [1.54, 1.807) is 5.57 Å². The minimum Gasteiger partial charge on any atom is -0.0836 e. The van der Waals surface area contributed by atoms with Crippen LogP contribution >= 0.6 is 0 Å². The molecule has 0 bridgehead atoms. The number of allylic oxidation sites excluding steroid dienone is 6. The van der Waals surface area contributed by atoms with E-state index in [2.05, 4.69) is 59.8 Å². The zero-order valence-corrected chi connectivity index (χ0v) is 14.5. The van der Waals surface area contributed by atoms with Crippen LogP contribution in [0.1, 0.15) is 73.6 Å². The zero-order valence-electron chi connectivity index (χ0n) is 14.5. The molecule has 0 aromatic carbocycles. The molecular weight excluding hydrogens is 240 g/mol. The quantitative estimate of drug-likeness (QED) is 0.439. The summed E-state index contributed by atoms with van der Waals surface area (Å²) in [5, 5.41) is 0. The molecular formula is C20H34. The second-order valence-electron chi connectivity index (χ2n) is 6.89. The molecule has 0 saturated heterocycles. The predicted octanol–water partition coefficient (Wildman–Crippen LogP) is 6.70. The van der Waals surface area contributed by atoms with Gasteiger partial charge in [-0.15, -0.1) is 0 Å². The first-order valence-electron chi connectivity index (χ1n) is 8.57. The summed E-state index contributed by atoms with van der Waals surface area (Å²) in [5.41, 5.74) is 4.65. The van der Waals surface area contributed by atoms with Gasteiger partial charge in [-0.25, -0.2) is 0 Å². The Hall–Kier alpha value is -0.780.